The molecule has 6 nitrogen and oxygen atoms in total. The Labute approximate surface area is 217 Å². The van der Waals surface area contributed by atoms with E-state index in [1.54, 1.807) is 19.4 Å². The minimum atomic E-state index is -0.723. The fourth-order valence-corrected chi connectivity index (χ4v) is 5.47. The number of hydrogen-bond donors (Lipinski definition) is 1. The van der Waals surface area contributed by atoms with Crippen molar-refractivity contribution in [2.24, 2.45) is 0 Å². The predicted octanol–water partition coefficient (Wildman–Crippen LogP) is 7.35. The van der Waals surface area contributed by atoms with E-state index in [-0.39, 0.29) is 27.7 Å². The molecule has 2 N–H and O–H groups in total. The van der Waals surface area contributed by atoms with E-state index < -0.39 is 11.9 Å². The highest BCUT2D eigenvalue weighted by atomic mass is 35.5. The summed E-state index contributed by atoms with van der Waals surface area (Å²) in [5.74, 6) is -0.243. The van der Waals surface area contributed by atoms with Crippen LogP contribution >= 0.6 is 23.2 Å². The number of pyridine rings is 1. The minimum Gasteiger partial charge on any atom is -0.478 e. The maximum Gasteiger partial charge on any atom is 0.210 e. The Morgan fingerprint density at radius 3 is 2.75 bits per heavy atom. The molecule has 5 rings (SSSR count). The van der Waals surface area contributed by atoms with Gasteiger partial charge in [-0.2, -0.15) is 0 Å². The van der Waals surface area contributed by atoms with Crippen molar-refractivity contribution in [3.8, 4) is 16.9 Å². The molecule has 0 radical (unpaired) electrons. The number of nitrogen functional groups attached to an aromatic ring is 1. The highest BCUT2D eigenvalue weighted by molar-refractivity contribution is 6.36. The van der Waals surface area contributed by atoms with Crippen molar-refractivity contribution in [2.75, 3.05) is 12.3 Å². The van der Waals surface area contributed by atoms with Crippen LogP contribution in [0.15, 0.2) is 53.3 Å². The van der Waals surface area contributed by atoms with Crippen LogP contribution in [-0.4, -0.2) is 22.8 Å². The van der Waals surface area contributed by atoms with Crippen molar-refractivity contribution in [1.29, 1.82) is 0 Å². The van der Waals surface area contributed by atoms with Crippen molar-refractivity contribution in [3.63, 3.8) is 0 Å². The maximum absolute atomic E-state index is 14.0. The molecule has 0 spiro atoms. The number of hydrogen-bond acceptors (Lipinski definition) is 5. The van der Waals surface area contributed by atoms with E-state index >= 15 is 0 Å². The molecule has 9 heteroatoms. The van der Waals surface area contributed by atoms with Gasteiger partial charge in [0.25, 0.3) is 0 Å². The summed E-state index contributed by atoms with van der Waals surface area (Å²) in [4.78, 5) is 17.6. The third-order valence-corrected chi connectivity index (χ3v) is 7.38. The van der Waals surface area contributed by atoms with Gasteiger partial charge in [0.15, 0.2) is 11.4 Å². The molecule has 1 amide bonds. The summed E-state index contributed by atoms with van der Waals surface area (Å²) in [6, 6.07) is 10.8. The molecule has 3 heterocycles. The van der Waals surface area contributed by atoms with Crippen molar-refractivity contribution < 1.29 is 18.3 Å². The molecule has 186 valence electrons. The number of piperidine rings is 1. The first-order chi connectivity index (χ1) is 17.4. The van der Waals surface area contributed by atoms with Gasteiger partial charge < -0.3 is 19.8 Å². The number of nitrogens with zero attached hydrogens (tertiary/aromatic N) is 2. The van der Waals surface area contributed by atoms with Crippen LogP contribution in [0.1, 0.15) is 49.5 Å². The fraction of sp³-hybridized carbons (Fsp3) is 0.259. The number of fused-ring (bicyclic) bond motifs is 1. The topological polar surface area (TPSA) is 81.6 Å². The summed E-state index contributed by atoms with van der Waals surface area (Å²) in [5.41, 5.74) is 9.69. The number of anilines is 1. The van der Waals surface area contributed by atoms with Gasteiger partial charge in [-0.25, -0.2) is 9.37 Å². The first-order valence-corrected chi connectivity index (χ1v) is 12.4. The second kappa shape index (κ2) is 9.99. The number of nitrogens with two attached hydrogens (primary N) is 1. The smallest absolute Gasteiger partial charge is 0.210 e. The van der Waals surface area contributed by atoms with Crippen molar-refractivity contribution >= 4 is 46.4 Å². The zero-order valence-electron chi connectivity index (χ0n) is 19.5. The molecule has 36 heavy (non-hydrogen) atoms. The van der Waals surface area contributed by atoms with Gasteiger partial charge in [-0.15, -0.1) is 0 Å². The number of ether oxygens (including phenoxy) is 1. The Morgan fingerprint density at radius 1 is 1.22 bits per heavy atom. The molecule has 1 fully saturated rings. The van der Waals surface area contributed by atoms with E-state index in [1.165, 1.54) is 12.1 Å². The van der Waals surface area contributed by atoms with Gasteiger partial charge in [0, 0.05) is 28.9 Å². The van der Waals surface area contributed by atoms with Gasteiger partial charge in [-0.05, 0) is 49.4 Å². The predicted molar refractivity (Wildman–Crippen MR) is 139 cm³/mol. The molecule has 2 aromatic carbocycles. The van der Waals surface area contributed by atoms with E-state index in [2.05, 4.69) is 4.98 Å². The summed E-state index contributed by atoms with van der Waals surface area (Å²) < 4.78 is 26.0. The second-order valence-corrected chi connectivity index (χ2v) is 9.64. The number of rotatable bonds is 6. The van der Waals surface area contributed by atoms with Crippen LogP contribution in [-0.2, 0) is 4.79 Å². The number of halogens is 3. The average molecular weight is 528 g/mol. The first kappa shape index (κ1) is 24.4. The molecule has 1 unspecified atom stereocenters. The Kier molecular flexibility index (Phi) is 6.77. The SMILES string of the molecule is C[C@@H](Oc1c(N)ncc2c(-c3ccc(C4CCCCN4C=O)cc3)coc12)c1c(Cl)ccc(F)c1Cl. The number of aromatic nitrogens is 1. The molecular formula is C27H24Cl2FN3O3. The summed E-state index contributed by atoms with van der Waals surface area (Å²) in [5, 5.41) is 0.877. The Morgan fingerprint density at radius 2 is 2.00 bits per heavy atom. The fourth-order valence-electron chi connectivity index (χ4n) is 4.79. The van der Waals surface area contributed by atoms with E-state index in [9.17, 15) is 9.18 Å². The van der Waals surface area contributed by atoms with E-state index in [1.807, 2.05) is 29.2 Å². The molecule has 2 aromatic heterocycles. The summed E-state index contributed by atoms with van der Waals surface area (Å²) in [7, 11) is 0. The Hall–Kier alpha value is -3.29. The van der Waals surface area contributed by atoms with E-state index in [4.69, 9.17) is 38.1 Å². The quantitative estimate of drug-likeness (QED) is 0.209. The van der Waals surface area contributed by atoms with Crippen LogP contribution in [0.25, 0.3) is 22.1 Å². The largest absolute Gasteiger partial charge is 0.478 e. The van der Waals surface area contributed by atoms with E-state index in [0.29, 0.717) is 16.5 Å². The molecule has 1 saturated heterocycles. The lowest BCUT2D eigenvalue weighted by Crippen LogP contribution is -2.32. The highest BCUT2D eigenvalue weighted by Crippen LogP contribution is 2.42. The number of carbonyl (C=O) groups excluding carboxylic acids is 1. The Balaban J connectivity index is 1.47. The lowest BCUT2D eigenvalue weighted by molar-refractivity contribution is -0.121. The molecule has 2 atom stereocenters. The number of amides is 1. The van der Waals surface area contributed by atoms with Crippen LogP contribution in [0.3, 0.4) is 0 Å². The minimum absolute atomic E-state index is 0.0934. The third-order valence-electron chi connectivity index (χ3n) is 6.67. The number of likely N-dealkylation sites (tertiary alicyclic amines) is 1. The second-order valence-electron chi connectivity index (χ2n) is 8.86. The monoisotopic (exact) mass is 527 g/mol. The van der Waals surface area contributed by atoms with Gasteiger partial charge >= 0.3 is 0 Å². The standard InChI is InChI=1S/C27H24Cl2FN3O3/c1-15(23-20(28)9-10-21(30)24(23)29)36-26-25-18(12-32-27(26)31)19(13-35-25)16-5-7-17(8-6-16)22-4-2-3-11-33(22)14-34/h5-10,12-15,22H,2-4,11H2,1H3,(H2,31,32)/t15-,22?/m1/s1. The van der Waals surface area contributed by atoms with Crippen LogP contribution in [0.2, 0.25) is 10.0 Å². The zero-order chi connectivity index (χ0) is 25.4. The molecule has 0 aliphatic carbocycles. The van der Waals surface area contributed by atoms with Gasteiger partial charge in [0.1, 0.15) is 11.9 Å². The van der Waals surface area contributed by atoms with Crippen molar-refractivity contribution in [2.45, 2.75) is 38.3 Å². The van der Waals surface area contributed by atoms with Crippen LogP contribution in [0.4, 0.5) is 10.2 Å². The molecule has 1 aliphatic heterocycles. The van der Waals surface area contributed by atoms with Gasteiger partial charge in [0.05, 0.1) is 22.7 Å². The van der Waals surface area contributed by atoms with Crippen molar-refractivity contribution in [1.82, 2.24) is 9.88 Å². The molecule has 0 saturated carbocycles. The number of benzene rings is 2. The summed E-state index contributed by atoms with van der Waals surface area (Å²) >= 11 is 12.4. The maximum atomic E-state index is 14.0. The zero-order valence-corrected chi connectivity index (χ0v) is 21.0. The van der Waals surface area contributed by atoms with E-state index in [0.717, 1.165) is 48.9 Å². The lowest BCUT2D eigenvalue weighted by Gasteiger charge is -2.33. The van der Waals surface area contributed by atoms with Crippen LogP contribution < -0.4 is 10.5 Å². The highest BCUT2D eigenvalue weighted by Gasteiger charge is 2.25. The van der Waals surface area contributed by atoms with Gasteiger partial charge in [-0.1, -0.05) is 47.5 Å². The Bertz CT molecular complexity index is 1420. The molecule has 0 bridgehead atoms. The van der Waals surface area contributed by atoms with Crippen LogP contribution in [0.5, 0.6) is 5.75 Å². The molecule has 4 aromatic rings. The number of carbonyl (C=O) groups is 1. The van der Waals surface area contributed by atoms with Gasteiger partial charge in [-0.3, -0.25) is 4.79 Å². The molecule has 1 aliphatic rings. The van der Waals surface area contributed by atoms with Crippen LogP contribution in [0, 0.1) is 5.82 Å². The summed E-state index contributed by atoms with van der Waals surface area (Å²) in [6.45, 7) is 2.48. The van der Waals surface area contributed by atoms with Gasteiger partial charge in [0.2, 0.25) is 12.2 Å². The molecular weight excluding hydrogens is 504 g/mol. The lowest BCUT2D eigenvalue weighted by atomic mass is 9.94. The van der Waals surface area contributed by atoms with Crippen molar-refractivity contribution in [3.05, 3.63) is 75.8 Å². The number of furan rings is 1. The first-order valence-electron chi connectivity index (χ1n) is 11.7. The normalized spacial score (nSPS) is 16.8. The summed E-state index contributed by atoms with van der Waals surface area (Å²) in [6.07, 6.45) is 6.55. The average Bonchev–Trinajstić information content (AvgIpc) is 3.32. The third kappa shape index (κ3) is 4.38.